The van der Waals surface area contributed by atoms with Crippen LogP contribution in [0.25, 0.3) is 0 Å². The molecule has 1 aliphatic carbocycles. The Kier molecular flexibility index (Phi) is 5.80. The number of hydroxylamine groups is 2. The third-order valence-electron chi connectivity index (χ3n) is 3.40. The summed E-state index contributed by atoms with van der Waals surface area (Å²) in [6, 6.07) is 6.87. The van der Waals surface area contributed by atoms with E-state index in [2.05, 4.69) is 0 Å². The third kappa shape index (κ3) is 4.27. The number of carboxylic acids is 1. The predicted molar refractivity (Wildman–Crippen MR) is 75.4 cm³/mol. The van der Waals surface area contributed by atoms with Crippen molar-refractivity contribution in [2.45, 2.75) is 25.1 Å². The number of nitrogens with zero attached hydrogens (tertiary/aromatic N) is 1. The van der Waals surface area contributed by atoms with Gasteiger partial charge in [-0.3, -0.25) is 4.84 Å². The van der Waals surface area contributed by atoms with Crippen LogP contribution in [-0.4, -0.2) is 17.6 Å². The number of hydrogen-bond donors (Lipinski definition) is 0. The summed E-state index contributed by atoms with van der Waals surface area (Å²) in [5, 5.41) is 12.8. The fraction of sp³-hybridized carbons (Fsp3) is 0.400. The number of hydrogen-bond acceptors (Lipinski definition) is 5. The minimum atomic E-state index is -1.15. The summed E-state index contributed by atoms with van der Waals surface area (Å²) < 4.78 is 0. The van der Waals surface area contributed by atoms with Gasteiger partial charge >= 0.3 is 29.6 Å². The number of carbonyl (C=O) groups excluding carboxylic acids is 1. The minimum absolute atomic E-state index is 0. The zero-order valence-corrected chi connectivity index (χ0v) is 15.1. The first-order chi connectivity index (χ1) is 9.63. The van der Waals surface area contributed by atoms with E-state index >= 15 is 0 Å². The van der Waals surface area contributed by atoms with Crippen LogP contribution in [0.3, 0.4) is 0 Å². The van der Waals surface area contributed by atoms with Gasteiger partial charge in [-0.2, -0.15) is 0 Å². The van der Waals surface area contributed by atoms with Gasteiger partial charge in [0.05, 0.1) is 12.6 Å². The molecule has 0 saturated heterocycles. The molecule has 1 aliphatic heterocycles. The van der Waals surface area contributed by atoms with Crippen molar-refractivity contribution in [3.05, 3.63) is 46.5 Å². The number of carbonyl (C=O) groups is 1. The van der Waals surface area contributed by atoms with Crippen LogP contribution in [0.2, 0.25) is 0 Å². The molecule has 1 fully saturated rings. The fourth-order valence-corrected chi connectivity index (χ4v) is 3.15. The minimum Gasteiger partial charge on any atom is -0.545 e. The molecule has 4 nitrogen and oxygen atoms in total. The van der Waals surface area contributed by atoms with Crippen LogP contribution in [-0.2, 0) is 4.84 Å². The second kappa shape index (κ2) is 7.20. The molecule has 0 spiro atoms. The van der Waals surface area contributed by atoms with Crippen molar-refractivity contribution < 1.29 is 44.3 Å². The standard InChI is InChI=1S/C15H17NO3S.Na/c1-10-8-16(19-9-11-5-6-11)14(20-10)12-3-2-4-13(7-12)15(17)18;/h2-4,7-8,11,14H,5-6,9H2,1H3,(H,17,18);/q;+1/p-1. The van der Waals surface area contributed by atoms with Gasteiger partial charge in [-0.15, -0.1) is 0 Å². The van der Waals surface area contributed by atoms with Gasteiger partial charge < -0.3 is 9.90 Å². The first kappa shape index (κ1) is 16.9. The fourth-order valence-electron chi connectivity index (χ4n) is 2.12. The summed E-state index contributed by atoms with van der Waals surface area (Å²) >= 11 is 1.67. The molecule has 1 unspecified atom stereocenters. The van der Waals surface area contributed by atoms with Crippen LogP contribution in [0.5, 0.6) is 0 Å². The molecule has 6 heteroatoms. The van der Waals surface area contributed by atoms with E-state index in [-0.39, 0.29) is 40.5 Å². The van der Waals surface area contributed by atoms with E-state index in [0.29, 0.717) is 5.92 Å². The van der Waals surface area contributed by atoms with Crippen molar-refractivity contribution in [3.63, 3.8) is 0 Å². The van der Waals surface area contributed by atoms with Crippen molar-refractivity contribution in [1.29, 1.82) is 0 Å². The number of allylic oxidation sites excluding steroid dienone is 1. The van der Waals surface area contributed by atoms with Crippen molar-refractivity contribution in [2.75, 3.05) is 6.61 Å². The summed E-state index contributed by atoms with van der Waals surface area (Å²) in [6.45, 7) is 2.77. The summed E-state index contributed by atoms with van der Waals surface area (Å²) in [5.74, 6) is -0.463. The SMILES string of the molecule is CC1=CN(OCC2CC2)C(c2cccc(C(=O)[O-])c2)S1.[Na+]. The zero-order chi connectivity index (χ0) is 14.1. The number of benzene rings is 1. The van der Waals surface area contributed by atoms with Crippen LogP contribution in [0.4, 0.5) is 0 Å². The van der Waals surface area contributed by atoms with Crippen molar-refractivity contribution in [1.82, 2.24) is 5.06 Å². The summed E-state index contributed by atoms with van der Waals surface area (Å²) in [7, 11) is 0. The topological polar surface area (TPSA) is 52.6 Å². The van der Waals surface area contributed by atoms with E-state index in [1.54, 1.807) is 30.0 Å². The maximum atomic E-state index is 11.0. The largest absolute Gasteiger partial charge is 1.00 e. The molecule has 1 heterocycles. The molecule has 0 radical (unpaired) electrons. The maximum Gasteiger partial charge on any atom is 1.00 e. The van der Waals surface area contributed by atoms with Crippen molar-refractivity contribution in [3.8, 4) is 0 Å². The van der Waals surface area contributed by atoms with Crippen LogP contribution in [0.15, 0.2) is 35.4 Å². The first-order valence-corrected chi connectivity index (χ1v) is 7.59. The molecule has 2 aliphatic rings. The van der Waals surface area contributed by atoms with E-state index in [9.17, 15) is 9.90 Å². The first-order valence-electron chi connectivity index (χ1n) is 6.71. The van der Waals surface area contributed by atoms with Gasteiger partial charge in [-0.1, -0.05) is 30.0 Å². The van der Waals surface area contributed by atoms with Gasteiger partial charge in [-0.25, -0.2) is 5.06 Å². The smallest absolute Gasteiger partial charge is 0.545 e. The molecule has 1 aromatic rings. The molecule has 0 N–H and O–H groups in total. The van der Waals surface area contributed by atoms with Gasteiger partial charge in [0.1, 0.15) is 5.37 Å². The Morgan fingerprint density at radius 1 is 1.48 bits per heavy atom. The number of aromatic carboxylic acids is 1. The van der Waals surface area contributed by atoms with Gasteiger partial charge in [0, 0.05) is 11.1 Å². The average molecular weight is 313 g/mol. The molecule has 21 heavy (non-hydrogen) atoms. The molecule has 1 atom stereocenters. The molecule has 1 saturated carbocycles. The van der Waals surface area contributed by atoms with Crippen LogP contribution in [0, 0.1) is 5.92 Å². The summed E-state index contributed by atoms with van der Waals surface area (Å²) in [6.07, 6.45) is 4.46. The molecule has 3 rings (SSSR count). The summed E-state index contributed by atoms with van der Waals surface area (Å²) in [4.78, 5) is 18.0. The van der Waals surface area contributed by atoms with Gasteiger partial charge in [0.2, 0.25) is 0 Å². The average Bonchev–Trinajstić information content (AvgIpc) is 3.19. The Bertz CT molecular complexity index is 560. The second-order valence-corrected chi connectivity index (χ2v) is 6.55. The number of rotatable bonds is 5. The quantitative estimate of drug-likeness (QED) is 0.673. The van der Waals surface area contributed by atoms with E-state index in [4.69, 9.17) is 4.84 Å². The van der Waals surface area contributed by atoms with Crippen LogP contribution in [0.1, 0.15) is 41.1 Å². The molecular weight excluding hydrogens is 297 g/mol. The van der Waals surface area contributed by atoms with E-state index in [1.165, 1.54) is 12.8 Å². The molecular formula is C15H16NNaO3S. The molecule has 0 bridgehead atoms. The monoisotopic (exact) mass is 313 g/mol. The van der Waals surface area contributed by atoms with E-state index < -0.39 is 5.97 Å². The summed E-state index contributed by atoms with van der Waals surface area (Å²) in [5.41, 5.74) is 1.12. The Morgan fingerprint density at radius 2 is 2.24 bits per heavy atom. The number of carboxylic acid groups (broad SMARTS) is 1. The van der Waals surface area contributed by atoms with Gasteiger partial charge in [0.15, 0.2) is 0 Å². The van der Waals surface area contributed by atoms with Crippen LogP contribution < -0.4 is 34.7 Å². The van der Waals surface area contributed by atoms with Crippen molar-refractivity contribution >= 4 is 17.7 Å². The Balaban J connectivity index is 0.00000161. The molecule has 1 aromatic carbocycles. The van der Waals surface area contributed by atoms with E-state index in [0.717, 1.165) is 17.1 Å². The second-order valence-electron chi connectivity index (χ2n) is 5.22. The normalized spacial score (nSPS) is 20.9. The Labute approximate surface area is 150 Å². The van der Waals surface area contributed by atoms with Crippen LogP contribution >= 0.6 is 11.8 Å². The Morgan fingerprint density at radius 3 is 2.90 bits per heavy atom. The molecule has 0 aromatic heterocycles. The van der Waals surface area contributed by atoms with Gasteiger partial charge in [0.25, 0.3) is 0 Å². The van der Waals surface area contributed by atoms with Gasteiger partial charge in [-0.05, 0) is 42.9 Å². The molecule has 0 amide bonds. The maximum absolute atomic E-state index is 11.0. The predicted octanol–water partition coefficient (Wildman–Crippen LogP) is -0.696. The third-order valence-corrected chi connectivity index (χ3v) is 4.58. The number of thioether (sulfide) groups is 1. The Hall–Kier alpha value is -0.460. The molecule has 106 valence electrons. The van der Waals surface area contributed by atoms with E-state index in [1.807, 2.05) is 24.3 Å². The zero-order valence-electron chi connectivity index (χ0n) is 12.2. The van der Waals surface area contributed by atoms with Crippen molar-refractivity contribution in [2.24, 2.45) is 5.92 Å².